The van der Waals surface area contributed by atoms with E-state index in [0.29, 0.717) is 18.0 Å². The van der Waals surface area contributed by atoms with Crippen LogP contribution >= 0.6 is 0 Å². The van der Waals surface area contributed by atoms with Gasteiger partial charge in [0.2, 0.25) is 5.91 Å². The van der Waals surface area contributed by atoms with Crippen LogP contribution in [0.3, 0.4) is 0 Å². The Morgan fingerprint density at radius 3 is 2.39 bits per heavy atom. The van der Waals surface area contributed by atoms with Gasteiger partial charge in [0.05, 0.1) is 19.9 Å². The fraction of sp³-hybridized carbons (Fsp3) is 0.360. The summed E-state index contributed by atoms with van der Waals surface area (Å²) >= 11 is 0. The number of hydrogen-bond donors (Lipinski definition) is 0. The minimum Gasteiger partial charge on any atom is -0.493 e. The molecule has 31 heavy (non-hydrogen) atoms. The maximum atomic E-state index is 12.5. The third kappa shape index (κ3) is 4.15. The maximum absolute atomic E-state index is 12.5. The number of aromatic nitrogens is 2. The zero-order valence-electron chi connectivity index (χ0n) is 18.8. The van der Waals surface area contributed by atoms with E-state index in [0.717, 1.165) is 35.4 Å². The minimum atomic E-state index is -0.346. The van der Waals surface area contributed by atoms with Gasteiger partial charge in [-0.2, -0.15) is 0 Å². The minimum absolute atomic E-state index is 0.201. The predicted octanol–water partition coefficient (Wildman–Crippen LogP) is 4.68. The standard InChI is InChI=1S/C25H29N3O3/c1-25(2,3)24(29)27-12-10-17(11-13-27)19-7-9-23-26-20(16-28(23)15-19)18-6-8-21(30-4)22(14-18)31-5/h6-10,14-16H,11-13H2,1-5H3. The first-order valence-corrected chi connectivity index (χ1v) is 10.5. The van der Waals surface area contributed by atoms with E-state index in [9.17, 15) is 4.79 Å². The molecule has 0 N–H and O–H groups in total. The Morgan fingerprint density at radius 1 is 1.00 bits per heavy atom. The van der Waals surface area contributed by atoms with Gasteiger partial charge >= 0.3 is 0 Å². The second-order valence-corrected chi connectivity index (χ2v) is 8.86. The maximum Gasteiger partial charge on any atom is 0.228 e. The van der Waals surface area contributed by atoms with Crippen LogP contribution in [0.5, 0.6) is 11.5 Å². The number of pyridine rings is 1. The molecule has 0 atom stereocenters. The Balaban J connectivity index is 1.59. The first-order chi connectivity index (χ1) is 14.8. The number of fused-ring (bicyclic) bond motifs is 1. The molecule has 0 unspecified atom stereocenters. The van der Waals surface area contributed by atoms with Gasteiger partial charge in [0.25, 0.3) is 0 Å². The molecular formula is C25H29N3O3. The highest BCUT2D eigenvalue weighted by atomic mass is 16.5. The van der Waals surface area contributed by atoms with Crippen molar-refractivity contribution in [2.45, 2.75) is 27.2 Å². The molecule has 2 aromatic heterocycles. The summed E-state index contributed by atoms with van der Waals surface area (Å²) in [7, 11) is 3.26. The predicted molar refractivity (Wildman–Crippen MR) is 122 cm³/mol. The van der Waals surface area contributed by atoms with Gasteiger partial charge in [0.15, 0.2) is 11.5 Å². The Hall–Kier alpha value is -3.28. The van der Waals surface area contributed by atoms with E-state index in [1.807, 2.05) is 56.1 Å². The number of amides is 1. The van der Waals surface area contributed by atoms with Crippen LogP contribution < -0.4 is 9.47 Å². The lowest BCUT2D eigenvalue weighted by Gasteiger charge is -2.32. The second-order valence-electron chi connectivity index (χ2n) is 8.86. The largest absolute Gasteiger partial charge is 0.493 e. The van der Waals surface area contributed by atoms with Gasteiger partial charge < -0.3 is 18.8 Å². The van der Waals surface area contributed by atoms with Crippen molar-refractivity contribution in [1.29, 1.82) is 0 Å². The van der Waals surface area contributed by atoms with E-state index in [-0.39, 0.29) is 11.3 Å². The van der Waals surface area contributed by atoms with Gasteiger partial charge in [-0.1, -0.05) is 26.8 Å². The number of carbonyl (C=O) groups excluding carboxylic acids is 1. The van der Waals surface area contributed by atoms with Crippen molar-refractivity contribution in [1.82, 2.24) is 14.3 Å². The number of carbonyl (C=O) groups is 1. The quantitative estimate of drug-likeness (QED) is 0.616. The average Bonchev–Trinajstić information content (AvgIpc) is 3.21. The van der Waals surface area contributed by atoms with Gasteiger partial charge in [-0.05, 0) is 47.9 Å². The molecule has 162 valence electrons. The Labute approximate surface area is 183 Å². The van der Waals surface area contributed by atoms with Gasteiger partial charge in [-0.25, -0.2) is 4.98 Å². The van der Waals surface area contributed by atoms with Crippen LogP contribution in [-0.4, -0.2) is 47.5 Å². The molecule has 1 aliphatic rings. The zero-order chi connectivity index (χ0) is 22.2. The van der Waals surface area contributed by atoms with Gasteiger partial charge in [-0.15, -0.1) is 0 Å². The van der Waals surface area contributed by atoms with Crippen LogP contribution in [-0.2, 0) is 4.79 Å². The molecule has 0 radical (unpaired) electrons. The first kappa shape index (κ1) is 21.0. The molecule has 0 fully saturated rings. The van der Waals surface area contributed by atoms with Gasteiger partial charge in [-0.3, -0.25) is 4.79 Å². The molecule has 4 rings (SSSR count). The fourth-order valence-corrected chi connectivity index (χ4v) is 3.91. The molecule has 6 nitrogen and oxygen atoms in total. The molecule has 0 saturated carbocycles. The second kappa shape index (κ2) is 8.10. The lowest BCUT2D eigenvalue weighted by atomic mass is 9.93. The van der Waals surface area contributed by atoms with Crippen molar-refractivity contribution >= 4 is 17.1 Å². The summed E-state index contributed by atoms with van der Waals surface area (Å²) in [6.45, 7) is 7.32. The third-order valence-electron chi connectivity index (χ3n) is 5.64. The van der Waals surface area contributed by atoms with Gasteiger partial charge in [0.1, 0.15) is 5.65 Å². The number of ether oxygens (including phenoxy) is 2. The molecule has 0 spiro atoms. The highest BCUT2D eigenvalue weighted by molar-refractivity contribution is 5.83. The van der Waals surface area contributed by atoms with E-state index < -0.39 is 0 Å². The highest BCUT2D eigenvalue weighted by Gasteiger charge is 2.28. The fourth-order valence-electron chi connectivity index (χ4n) is 3.91. The van der Waals surface area contributed by atoms with Crippen molar-refractivity contribution < 1.29 is 14.3 Å². The molecule has 3 aromatic rings. The SMILES string of the molecule is COc1ccc(-c2cn3cc(C4=CCN(C(=O)C(C)(C)C)CC4)ccc3n2)cc1OC. The van der Waals surface area contributed by atoms with Crippen molar-refractivity contribution in [3.63, 3.8) is 0 Å². The van der Waals surface area contributed by atoms with Crippen LogP contribution in [0.4, 0.5) is 0 Å². The third-order valence-corrected chi connectivity index (χ3v) is 5.64. The van der Waals surface area contributed by atoms with Crippen LogP contribution in [0.1, 0.15) is 32.8 Å². The summed E-state index contributed by atoms with van der Waals surface area (Å²) in [6.07, 6.45) is 7.16. The monoisotopic (exact) mass is 419 g/mol. The van der Waals surface area contributed by atoms with Crippen LogP contribution in [0.15, 0.2) is 48.8 Å². The highest BCUT2D eigenvalue weighted by Crippen LogP contribution is 2.32. The molecule has 1 aliphatic heterocycles. The molecular weight excluding hydrogens is 390 g/mol. The Morgan fingerprint density at radius 2 is 1.74 bits per heavy atom. The number of imidazole rings is 1. The van der Waals surface area contributed by atoms with E-state index in [1.165, 1.54) is 5.57 Å². The first-order valence-electron chi connectivity index (χ1n) is 10.5. The lowest BCUT2D eigenvalue weighted by Crippen LogP contribution is -2.41. The molecule has 0 aliphatic carbocycles. The molecule has 1 aromatic carbocycles. The van der Waals surface area contributed by atoms with Crippen molar-refractivity contribution in [2.75, 3.05) is 27.3 Å². The van der Waals surface area contributed by atoms with E-state index in [1.54, 1.807) is 14.2 Å². The Kier molecular flexibility index (Phi) is 5.48. The number of hydrogen-bond acceptors (Lipinski definition) is 4. The summed E-state index contributed by atoms with van der Waals surface area (Å²) in [4.78, 5) is 19.2. The van der Waals surface area contributed by atoms with Crippen LogP contribution in [0, 0.1) is 5.41 Å². The summed E-state index contributed by atoms with van der Waals surface area (Å²) in [5.74, 6) is 1.58. The lowest BCUT2D eigenvalue weighted by molar-refractivity contribution is -0.139. The van der Waals surface area contributed by atoms with Gasteiger partial charge in [0, 0.05) is 36.5 Å². The summed E-state index contributed by atoms with van der Waals surface area (Å²) < 4.78 is 12.8. The van der Waals surface area contributed by atoms with Crippen molar-refractivity contribution in [3.05, 3.63) is 54.4 Å². The number of rotatable bonds is 4. The van der Waals surface area contributed by atoms with Crippen molar-refractivity contribution in [3.8, 4) is 22.8 Å². The number of methoxy groups -OCH3 is 2. The molecule has 1 amide bonds. The molecule has 3 heterocycles. The normalized spacial score (nSPS) is 14.5. The van der Waals surface area contributed by atoms with E-state index in [2.05, 4.69) is 22.7 Å². The summed E-state index contributed by atoms with van der Waals surface area (Å²) in [5, 5.41) is 0. The summed E-state index contributed by atoms with van der Waals surface area (Å²) in [6, 6.07) is 9.95. The van der Waals surface area contributed by atoms with E-state index >= 15 is 0 Å². The zero-order valence-corrected chi connectivity index (χ0v) is 18.8. The van der Waals surface area contributed by atoms with Crippen LogP contribution in [0.2, 0.25) is 0 Å². The number of benzene rings is 1. The van der Waals surface area contributed by atoms with Crippen LogP contribution in [0.25, 0.3) is 22.5 Å². The average molecular weight is 420 g/mol. The molecule has 0 bridgehead atoms. The molecule has 6 heteroatoms. The smallest absolute Gasteiger partial charge is 0.228 e. The Bertz CT molecular complexity index is 1150. The van der Waals surface area contributed by atoms with E-state index in [4.69, 9.17) is 14.5 Å². The molecule has 0 saturated heterocycles. The summed E-state index contributed by atoms with van der Waals surface area (Å²) in [5.41, 5.74) is 4.80. The number of nitrogens with zero attached hydrogens (tertiary/aromatic N) is 3. The van der Waals surface area contributed by atoms with Crippen molar-refractivity contribution in [2.24, 2.45) is 5.41 Å². The topological polar surface area (TPSA) is 56.1 Å².